The second kappa shape index (κ2) is 6.76. The summed E-state index contributed by atoms with van der Waals surface area (Å²) in [5.74, 6) is 3.79. The fraction of sp³-hybridized carbons (Fsp3) is 0.565. The molecule has 4 fully saturated rings. The largest absolute Gasteiger partial charge is 0.337 e. The van der Waals surface area contributed by atoms with Crippen LogP contribution in [0, 0.1) is 23.2 Å². The van der Waals surface area contributed by atoms with Crippen molar-refractivity contribution in [2.24, 2.45) is 23.2 Å². The zero-order chi connectivity index (χ0) is 19.6. The standard InChI is InChI=1S/C23H27N3OS2/c1-13(24-12-23-8-14-5-15(9-23)7-16(6-14)10-23)20-25-21(27)19-17(11-29-22(19)26-20)18-3-2-4-28-18/h2-4,11,13-16,24H,5-10,12H2,1H3,(H,25,26,27)/p+1/t13-,14?,15?,16?,23?/m1/s1. The Kier molecular flexibility index (Phi) is 4.26. The molecular weight excluding hydrogens is 398 g/mol. The summed E-state index contributed by atoms with van der Waals surface area (Å²) in [5, 5.41) is 7.32. The molecule has 4 aliphatic rings. The first-order valence-electron chi connectivity index (χ1n) is 11.0. The molecule has 0 saturated heterocycles. The zero-order valence-corrected chi connectivity index (χ0v) is 18.5. The molecule has 0 unspecified atom stereocenters. The highest BCUT2D eigenvalue weighted by molar-refractivity contribution is 7.18. The molecule has 3 heterocycles. The molecule has 4 nitrogen and oxygen atoms in total. The predicted octanol–water partition coefficient (Wildman–Crippen LogP) is 4.55. The van der Waals surface area contributed by atoms with Gasteiger partial charge in [0.1, 0.15) is 10.9 Å². The Bertz CT molecular complexity index is 1060. The summed E-state index contributed by atoms with van der Waals surface area (Å²) in [6.45, 7) is 3.38. The highest BCUT2D eigenvalue weighted by Gasteiger charge is 2.51. The second-order valence-corrected chi connectivity index (χ2v) is 11.7. The lowest BCUT2D eigenvalue weighted by Crippen LogP contribution is -2.88. The molecule has 7 rings (SSSR count). The normalized spacial score (nSPS) is 31.6. The molecule has 0 radical (unpaired) electrons. The average molecular weight is 427 g/mol. The molecule has 4 saturated carbocycles. The highest BCUT2D eigenvalue weighted by Crippen LogP contribution is 2.59. The highest BCUT2D eigenvalue weighted by atomic mass is 32.1. The number of H-pyrrole nitrogens is 1. The summed E-state index contributed by atoms with van der Waals surface area (Å²) in [6, 6.07) is 4.29. The van der Waals surface area contributed by atoms with Gasteiger partial charge in [0.15, 0.2) is 5.82 Å². The molecule has 3 aromatic heterocycles. The van der Waals surface area contributed by atoms with E-state index in [0.717, 1.165) is 44.2 Å². The van der Waals surface area contributed by atoms with E-state index >= 15 is 0 Å². The summed E-state index contributed by atoms with van der Waals surface area (Å²) < 4.78 is 0. The summed E-state index contributed by atoms with van der Waals surface area (Å²) in [6.07, 6.45) is 8.77. The van der Waals surface area contributed by atoms with Crippen molar-refractivity contribution < 1.29 is 5.32 Å². The Morgan fingerprint density at radius 1 is 1.21 bits per heavy atom. The lowest BCUT2D eigenvalue weighted by atomic mass is 9.49. The van der Waals surface area contributed by atoms with E-state index in [1.807, 2.05) is 6.07 Å². The van der Waals surface area contributed by atoms with Gasteiger partial charge >= 0.3 is 0 Å². The molecule has 4 bridgehead atoms. The first-order chi connectivity index (χ1) is 14.1. The van der Waals surface area contributed by atoms with Gasteiger partial charge in [-0.3, -0.25) is 4.79 Å². The Hall–Kier alpha value is -1.50. The van der Waals surface area contributed by atoms with Crippen LogP contribution in [0.25, 0.3) is 20.7 Å². The topological polar surface area (TPSA) is 62.4 Å². The summed E-state index contributed by atoms with van der Waals surface area (Å²) in [7, 11) is 0. The molecule has 0 aliphatic heterocycles. The number of nitrogens with zero attached hydrogens (tertiary/aromatic N) is 1. The third-order valence-corrected chi connectivity index (χ3v) is 9.53. The predicted molar refractivity (Wildman–Crippen MR) is 119 cm³/mol. The van der Waals surface area contributed by atoms with E-state index in [1.165, 1.54) is 45.1 Å². The quantitative estimate of drug-likeness (QED) is 0.628. The summed E-state index contributed by atoms with van der Waals surface area (Å²) >= 11 is 3.25. The number of nitrogens with two attached hydrogens (primary N) is 1. The summed E-state index contributed by atoms with van der Waals surface area (Å²) in [5.41, 5.74) is 1.57. The minimum Gasteiger partial charge on any atom is -0.337 e. The van der Waals surface area contributed by atoms with Crippen LogP contribution in [0.5, 0.6) is 0 Å². The molecule has 0 amide bonds. The van der Waals surface area contributed by atoms with E-state index in [9.17, 15) is 4.79 Å². The van der Waals surface area contributed by atoms with Crippen LogP contribution in [-0.2, 0) is 0 Å². The van der Waals surface area contributed by atoms with Crippen molar-refractivity contribution in [2.75, 3.05) is 6.54 Å². The SMILES string of the molecule is C[C@@H]([NH2+]CC12CC3CC(CC(C3)C1)C2)c1nc2scc(-c3cccs3)c2c(=O)[nH]1. The molecule has 1 atom stereocenters. The molecule has 152 valence electrons. The fourth-order valence-electron chi connectivity index (χ4n) is 6.87. The Labute approximate surface area is 178 Å². The Balaban J connectivity index is 1.23. The number of aromatic nitrogens is 2. The molecule has 29 heavy (non-hydrogen) atoms. The van der Waals surface area contributed by atoms with Crippen LogP contribution in [-0.4, -0.2) is 16.5 Å². The van der Waals surface area contributed by atoms with Gasteiger partial charge in [0, 0.05) is 21.2 Å². The third kappa shape index (κ3) is 3.11. The van der Waals surface area contributed by atoms with E-state index in [0.29, 0.717) is 5.41 Å². The van der Waals surface area contributed by atoms with E-state index in [4.69, 9.17) is 4.98 Å². The van der Waals surface area contributed by atoms with E-state index in [1.54, 1.807) is 22.7 Å². The van der Waals surface area contributed by atoms with Crippen molar-refractivity contribution in [1.82, 2.24) is 9.97 Å². The van der Waals surface area contributed by atoms with Gasteiger partial charge in [-0.25, -0.2) is 4.98 Å². The molecule has 6 heteroatoms. The Morgan fingerprint density at radius 3 is 2.59 bits per heavy atom. The number of aromatic amines is 1. The first kappa shape index (κ1) is 18.3. The maximum atomic E-state index is 12.9. The molecule has 3 N–H and O–H groups in total. The van der Waals surface area contributed by atoms with E-state index < -0.39 is 0 Å². The van der Waals surface area contributed by atoms with Gasteiger partial charge in [0.25, 0.3) is 5.56 Å². The van der Waals surface area contributed by atoms with Crippen molar-refractivity contribution in [2.45, 2.75) is 51.5 Å². The monoisotopic (exact) mass is 426 g/mol. The van der Waals surface area contributed by atoms with Crippen LogP contribution in [0.3, 0.4) is 0 Å². The van der Waals surface area contributed by atoms with Crippen molar-refractivity contribution in [3.63, 3.8) is 0 Å². The van der Waals surface area contributed by atoms with Crippen LogP contribution in [0.15, 0.2) is 27.7 Å². The molecular formula is C23H28N3OS2+. The van der Waals surface area contributed by atoms with Crippen molar-refractivity contribution in [1.29, 1.82) is 0 Å². The maximum Gasteiger partial charge on any atom is 0.260 e. The lowest BCUT2D eigenvalue weighted by Gasteiger charge is -2.56. The first-order valence-corrected chi connectivity index (χ1v) is 12.7. The smallest absolute Gasteiger partial charge is 0.260 e. The van der Waals surface area contributed by atoms with Crippen LogP contribution in [0.4, 0.5) is 0 Å². The van der Waals surface area contributed by atoms with Crippen LogP contribution in [0.1, 0.15) is 57.3 Å². The lowest BCUT2D eigenvalue weighted by molar-refractivity contribution is -0.706. The van der Waals surface area contributed by atoms with Gasteiger partial charge in [-0.15, -0.1) is 22.7 Å². The molecule has 0 aromatic carbocycles. The third-order valence-electron chi connectivity index (χ3n) is 7.75. The van der Waals surface area contributed by atoms with Gasteiger partial charge < -0.3 is 10.3 Å². The number of hydrogen-bond donors (Lipinski definition) is 2. The maximum absolute atomic E-state index is 12.9. The van der Waals surface area contributed by atoms with E-state index in [2.05, 4.69) is 34.1 Å². The minimum absolute atomic E-state index is 0.00436. The van der Waals surface area contributed by atoms with Crippen molar-refractivity contribution in [3.05, 3.63) is 39.1 Å². The number of fused-ring (bicyclic) bond motifs is 1. The van der Waals surface area contributed by atoms with E-state index in [-0.39, 0.29) is 11.6 Å². The number of quaternary nitrogens is 1. The van der Waals surface area contributed by atoms with Crippen LogP contribution >= 0.6 is 22.7 Å². The van der Waals surface area contributed by atoms with Gasteiger partial charge in [0.05, 0.1) is 11.9 Å². The number of hydrogen-bond acceptors (Lipinski definition) is 4. The van der Waals surface area contributed by atoms with Crippen LogP contribution in [0.2, 0.25) is 0 Å². The van der Waals surface area contributed by atoms with Crippen LogP contribution < -0.4 is 10.9 Å². The molecule has 0 spiro atoms. The van der Waals surface area contributed by atoms with Crippen molar-refractivity contribution in [3.8, 4) is 10.4 Å². The van der Waals surface area contributed by atoms with Gasteiger partial charge in [-0.1, -0.05) is 6.07 Å². The Morgan fingerprint density at radius 2 is 1.93 bits per heavy atom. The number of nitrogens with one attached hydrogen (secondary N) is 1. The number of thiophene rings is 2. The zero-order valence-electron chi connectivity index (χ0n) is 16.8. The molecule has 3 aromatic rings. The van der Waals surface area contributed by atoms with Gasteiger partial charge in [-0.05, 0) is 74.6 Å². The number of rotatable bonds is 5. The average Bonchev–Trinajstić information content (AvgIpc) is 3.34. The van der Waals surface area contributed by atoms with Gasteiger partial charge in [0.2, 0.25) is 0 Å². The second-order valence-electron chi connectivity index (χ2n) is 9.90. The minimum atomic E-state index is 0.00436. The summed E-state index contributed by atoms with van der Waals surface area (Å²) in [4.78, 5) is 22.9. The van der Waals surface area contributed by atoms with Crippen molar-refractivity contribution >= 4 is 32.9 Å². The fourth-order valence-corrected chi connectivity index (χ4v) is 8.64. The molecule has 4 aliphatic carbocycles. The van der Waals surface area contributed by atoms with Gasteiger partial charge in [-0.2, -0.15) is 0 Å².